The SMILES string of the molecule is CCCCCCCCCCCCCC(C)C(=O)OCC(COP(=O)([O-])OCCNC)OC(=O)C(C)CCCCCCCCCCCCC. The minimum absolute atomic E-state index is 0.0801. The van der Waals surface area contributed by atoms with Crippen molar-refractivity contribution in [2.45, 2.75) is 188 Å². The summed E-state index contributed by atoms with van der Waals surface area (Å²) in [4.78, 5) is 37.8. The molecule has 286 valence electrons. The molecule has 0 bridgehead atoms. The van der Waals surface area contributed by atoms with Crippen LogP contribution >= 0.6 is 7.82 Å². The number of phosphoric acid groups is 1. The molecule has 0 fully saturated rings. The van der Waals surface area contributed by atoms with Gasteiger partial charge in [-0.25, -0.2) is 0 Å². The topological polar surface area (TPSA) is 123 Å². The number of carbonyl (C=O) groups excluding carboxylic acids is 2. The van der Waals surface area contributed by atoms with Crippen molar-refractivity contribution in [2.75, 3.05) is 33.4 Å². The molecule has 0 aliphatic carbocycles. The minimum Gasteiger partial charge on any atom is -0.756 e. The van der Waals surface area contributed by atoms with Gasteiger partial charge in [-0.15, -0.1) is 0 Å². The fourth-order valence-electron chi connectivity index (χ4n) is 5.65. The highest BCUT2D eigenvalue weighted by Gasteiger charge is 2.25. The van der Waals surface area contributed by atoms with Crippen LogP contribution in [0, 0.1) is 11.8 Å². The van der Waals surface area contributed by atoms with Crippen molar-refractivity contribution < 1.29 is 37.6 Å². The van der Waals surface area contributed by atoms with E-state index in [1.54, 1.807) is 7.05 Å². The Labute approximate surface area is 295 Å². The molecule has 0 aliphatic rings. The highest BCUT2D eigenvalue weighted by atomic mass is 31.2. The summed E-state index contributed by atoms with van der Waals surface area (Å²) in [5.74, 6) is -1.48. The Morgan fingerprint density at radius 1 is 0.604 bits per heavy atom. The van der Waals surface area contributed by atoms with Crippen LogP contribution in [0.2, 0.25) is 0 Å². The normalized spacial score (nSPS) is 14.7. The maximum absolute atomic E-state index is 12.9. The van der Waals surface area contributed by atoms with Gasteiger partial charge in [-0.1, -0.05) is 169 Å². The number of phosphoric ester groups is 1. The summed E-state index contributed by atoms with van der Waals surface area (Å²) >= 11 is 0. The summed E-state index contributed by atoms with van der Waals surface area (Å²) in [6.07, 6.45) is 27.6. The zero-order valence-corrected chi connectivity index (χ0v) is 32.6. The fourth-order valence-corrected chi connectivity index (χ4v) is 6.39. The number of esters is 2. The molecule has 0 spiro atoms. The smallest absolute Gasteiger partial charge is 0.309 e. The lowest BCUT2D eigenvalue weighted by Gasteiger charge is -2.26. The highest BCUT2D eigenvalue weighted by Crippen LogP contribution is 2.38. The number of rotatable bonds is 36. The quantitative estimate of drug-likeness (QED) is 0.0386. The van der Waals surface area contributed by atoms with E-state index >= 15 is 0 Å². The molecule has 0 aromatic carbocycles. The molecule has 0 saturated heterocycles. The van der Waals surface area contributed by atoms with Crippen LogP contribution in [0.4, 0.5) is 0 Å². The summed E-state index contributed by atoms with van der Waals surface area (Å²) < 4.78 is 33.1. The molecule has 1 N–H and O–H groups in total. The first-order chi connectivity index (χ1) is 23.2. The molecule has 48 heavy (non-hydrogen) atoms. The first-order valence-corrected chi connectivity index (χ1v) is 21.2. The second-order valence-corrected chi connectivity index (χ2v) is 15.2. The van der Waals surface area contributed by atoms with Crippen molar-refractivity contribution in [2.24, 2.45) is 11.8 Å². The second kappa shape index (κ2) is 33.2. The van der Waals surface area contributed by atoms with E-state index in [9.17, 15) is 19.0 Å². The Morgan fingerprint density at radius 3 is 1.42 bits per heavy atom. The van der Waals surface area contributed by atoms with Crippen molar-refractivity contribution in [3.05, 3.63) is 0 Å². The Hall–Kier alpha value is -0.990. The molecule has 4 unspecified atom stereocenters. The molecule has 0 aromatic heterocycles. The number of nitrogens with one attached hydrogen (secondary N) is 1. The Balaban J connectivity index is 4.54. The van der Waals surface area contributed by atoms with Crippen LogP contribution in [0.3, 0.4) is 0 Å². The maximum atomic E-state index is 12.9. The van der Waals surface area contributed by atoms with Crippen molar-refractivity contribution in [1.29, 1.82) is 0 Å². The minimum atomic E-state index is -4.61. The van der Waals surface area contributed by atoms with E-state index in [-0.39, 0.29) is 31.0 Å². The molecule has 0 radical (unpaired) electrons. The Kier molecular flexibility index (Phi) is 32.5. The van der Waals surface area contributed by atoms with Gasteiger partial charge < -0.3 is 28.7 Å². The lowest BCUT2D eigenvalue weighted by Crippen LogP contribution is -2.33. The fraction of sp³-hybridized carbons (Fsp3) is 0.947. The van der Waals surface area contributed by atoms with Gasteiger partial charge in [0.25, 0.3) is 7.82 Å². The monoisotopic (exact) mass is 705 g/mol. The van der Waals surface area contributed by atoms with Gasteiger partial charge in [-0.05, 0) is 19.9 Å². The molecule has 0 heterocycles. The summed E-state index contributed by atoms with van der Waals surface area (Å²) in [5.41, 5.74) is 0. The summed E-state index contributed by atoms with van der Waals surface area (Å²) in [5, 5.41) is 2.80. The number of carbonyl (C=O) groups is 2. The number of unbranched alkanes of at least 4 members (excludes halogenated alkanes) is 20. The van der Waals surface area contributed by atoms with Crippen LogP contribution in [-0.4, -0.2) is 51.5 Å². The third kappa shape index (κ3) is 29.9. The van der Waals surface area contributed by atoms with Crippen LogP contribution in [0.25, 0.3) is 0 Å². The molecule has 0 amide bonds. The van der Waals surface area contributed by atoms with E-state index in [1.165, 1.54) is 109 Å². The molecule has 10 heteroatoms. The molecule has 0 aromatic rings. The molecule has 4 atom stereocenters. The molecule has 0 saturated carbocycles. The van der Waals surface area contributed by atoms with Crippen molar-refractivity contribution >= 4 is 19.8 Å². The van der Waals surface area contributed by atoms with Crippen LogP contribution in [0.15, 0.2) is 0 Å². The van der Waals surface area contributed by atoms with E-state index in [1.807, 2.05) is 13.8 Å². The predicted octanol–water partition coefficient (Wildman–Crippen LogP) is 9.84. The zero-order chi connectivity index (χ0) is 35.7. The van der Waals surface area contributed by atoms with Crippen LogP contribution in [-0.2, 0) is 32.7 Å². The van der Waals surface area contributed by atoms with Gasteiger partial charge in [0.2, 0.25) is 0 Å². The van der Waals surface area contributed by atoms with Crippen molar-refractivity contribution in [3.8, 4) is 0 Å². The van der Waals surface area contributed by atoms with E-state index < -0.39 is 26.5 Å². The lowest BCUT2D eigenvalue weighted by atomic mass is 10.0. The standard InChI is InChI=1S/C38H76NO8P/c1-6-8-10-12-14-16-18-20-22-24-26-28-34(3)37(40)44-32-36(33-46-48(42,43)45-31-30-39-5)47-38(41)35(4)29-27-25-23-21-19-17-15-13-11-9-7-2/h34-36,39H,6-33H2,1-5H3,(H,42,43)/p-1. The largest absolute Gasteiger partial charge is 0.756 e. The molecular formula is C38H75NO8P-. The predicted molar refractivity (Wildman–Crippen MR) is 195 cm³/mol. The van der Waals surface area contributed by atoms with Gasteiger partial charge in [0.05, 0.1) is 25.0 Å². The van der Waals surface area contributed by atoms with Crippen molar-refractivity contribution in [1.82, 2.24) is 5.32 Å². The summed E-state index contributed by atoms with van der Waals surface area (Å²) in [7, 11) is -2.93. The molecule has 0 aliphatic heterocycles. The average molecular weight is 705 g/mol. The number of hydrogen-bond acceptors (Lipinski definition) is 9. The summed E-state index contributed by atoms with van der Waals surface area (Å²) in [6, 6.07) is 0. The van der Waals surface area contributed by atoms with Crippen LogP contribution in [0.5, 0.6) is 0 Å². The Bertz CT molecular complexity index is 799. The molecular weight excluding hydrogens is 629 g/mol. The number of likely N-dealkylation sites (N-methyl/N-ethyl adjacent to an activating group) is 1. The van der Waals surface area contributed by atoms with Crippen LogP contribution < -0.4 is 10.2 Å². The molecule has 0 rings (SSSR count). The van der Waals surface area contributed by atoms with Gasteiger partial charge in [-0.2, -0.15) is 0 Å². The first-order valence-electron chi connectivity index (χ1n) is 19.8. The first kappa shape index (κ1) is 47.0. The average Bonchev–Trinajstić information content (AvgIpc) is 3.06. The maximum Gasteiger partial charge on any atom is 0.309 e. The third-order valence-electron chi connectivity index (χ3n) is 9.00. The van der Waals surface area contributed by atoms with Gasteiger partial charge in [0.1, 0.15) is 6.61 Å². The Morgan fingerprint density at radius 2 is 1.00 bits per heavy atom. The number of hydrogen-bond donors (Lipinski definition) is 1. The van der Waals surface area contributed by atoms with Gasteiger partial charge >= 0.3 is 11.9 Å². The number of ether oxygens (including phenoxy) is 2. The van der Waals surface area contributed by atoms with Crippen molar-refractivity contribution in [3.63, 3.8) is 0 Å². The zero-order valence-electron chi connectivity index (χ0n) is 31.7. The van der Waals surface area contributed by atoms with E-state index in [4.69, 9.17) is 18.5 Å². The van der Waals surface area contributed by atoms with Gasteiger partial charge in [0, 0.05) is 6.54 Å². The third-order valence-corrected chi connectivity index (χ3v) is 9.96. The second-order valence-electron chi connectivity index (χ2n) is 13.8. The molecule has 9 nitrogen and oxygen atoms in total. The van der Waals surface area contributed by atoms with Gasteiger partial charge in [-0.3, -0.25) is 14.2 Å². The van der Waals surface area contributed by atoms with E-state index in [0.29, 0.717) is 13.0 Å². The van der Waals surface area contributed by atoms with Gasteiger partial charge in [0.15, 0.2) is 6.10 Å². The van der Waals surface area contributed by atoms with Crippen LogP contribution in [0.1, 0.15) is 182 Å². The summed E-state index contributed by atoms with van der Waals surface area (Å²) in [6.45, 7) is 7.65. The van der Waals surface area contributed by atoms with E-state index in [0.717, 1.165) is 38.5 Å². The highest BCUT2D eigenvalue weighted by molar-refractivity contribution is 7.45. The lowest BCUT2D eigenvalue weighted by molar-refractivity contribution is -0.228. The van der Waals surface area contributed by atoms with E-state index in [2.05, 4.69) is 19.2 Å².